The van der Waals surface area contributed by atoms with E-state index in [1.54, 1.807) is 6.92 Å². The first-order valence-corrected chi connectivity index (χ1v) is 8.36. The normalized spacial score (nSPS) is 11.5. The first-order chi connectivity index (χ1) is 12.4. The predicted octanol–water partition coefficient (Wildman–Crippen LogP) is 2.68. The molecule has 2 aromatic rings. The van der Waals surface area contributed by atoms with E-state index in [2.05, 4.69) is 5.32 Å². The van der Waals surface area contributed by atoms with Gasteiger partial charge in [-0.05, 0) is 49.2 Å². The van der Waals surface area contributed by atoms with Gasteiger partial charge in [0.1, 0.15) is 17.6 Å². The van der Waals surface area contributed by atoms with E-state index < -0.39 is 6.04 Å². The number of carbonyl (C=O) groups excluding carboxylic acids is 2. The number of carbonyl (C=O) groups is 2. The molecule has 0 aromatic heterocycles. The van der Waals surface area contributed by atoms with Gasteiger partial charge in [0, 0.05) is 13.6 Å². The van der Waals surface area contributed by atoms with Crippen molar-refractivity contribution in [3.63, 3.8) is 0 Å². The van der Waals surface area contributed by atoms with Gasteiger partial charge in [0.15, 0.2) is 6.61 Å². The molecule has 0 saturated carbocycles. The quantitative estimate of drug-likeness (QED) is 0.828. The zero-order valence-corrected chi connectivity index (χ0v) is 15.2. The molecule has 138 valence electrons. The van der Waals surface area contributed by atoms with E-state index in [1.807, 2.05) is 31.2 Å². The van der Waals surface area contributed by atoms with Crippen molar-refractivity contribution >= 4 is 11.8 Å². The third kappa shape index (κ3) is 5.05. The number of halogens is 1. The molecule has 0 aliphatic heterocycles. The summed E-state index contributed by atoms with van der Waals surface area (Å²) < 4.78 is 18.4. The van der Waals surface area contributed by atoms with Gasteiger partial charge in [-0.3, -0.25) is 9.59 Å². The molecule has 2 aromatic carbocycles. The molecule has 5 nitrogen and oxygen atoms in total. The van der Waals surface area contributed by atoms with Crippen LogP contribution in [0.1, 0.15) is 18.1 Å². The Hall–Kier alpha value is -2.89. The molecule has 1 atom stereocenters. The SMILES string of the molecule is CNC(=O)[C@H](C)N(Cc1ccccc1C)C(=O)COc1ccc(F)cc1. The highest BCUT2D eigenvalue weighted by Gasteiger charge is 2.26. The summed E-state index contributed by atoms with van der Waals surface area (Å²) in [5, 5.41) is 2.57. The standard InChI is InChI=1S/C20H23FN2O3/c1-14-6-4-5-7-16(14)12-23(15(2)20(25)22-3)19(24)13-26-18-10-8-17(21)9-11-18/h4-11,15H,12-13H2,1-3H3,(H,22,25)/t15-/m0/s1. The molecule has 1 N–H and O–H groups in total. The van der Waals surface area contributed by atoms with Crippen LogP contribution in [0.3, 0.4) is 0 Å². The van der Waals surface area contributed by atoms with Gasteiger partial charge in [0.05, 0.1) is 0 Å². The number of aryl methyl sites for hydroxylation is 1. The van der Waals surface area contributed by atoms with Gasteiger partial charge in [-0.15, -0.1) is 0 Å². The minimum Gasteiger partial charge on any atom is -0.484 e. The molecule has 0 bridgehead atoms. The second-order valence-corrected chi connectivity index (χ2v) is 5.98. The van der Waals surface area contributed by atoms with Crippen molar-refractivity contribution in [3.05, 3.63) is 65.5 Å². The lowest BCUT2D eigenvalue weighted by atomic mass is 10.1. The fourth-order valence-electron chi connectivity index (χ4n) is 2.52. The summed E-state index contributed by atoms with van der Waals surface area (Å²) in [6.07, 6.45) is 0. The van der Waals surface area contributed by atoms with Gasteiger partial charge in [-0.25, -0.2) is 4.39 Å². The van der Waals surface area contributed by atoms with E-state index in [0.717, 1.165) is 11.1 Å². The zero-order valence-electron chi connectivity index (χ0n) is 15.2. The second-order valence-electron chi connectivity index (χ2n) is 5.98. The van der Waals surface area contributed by atoms with Crippen LogP contribution in [-0.4, -0.2) is 36.4 Å². The van der Waals surface area contributed by atoms with Crippen LogP contribution < -0.4 is 10.1 Å². The second kappa shape index (κ2) is 8.99. The van der Waals surface area contributed by atoms with Gasteiger partial charge in [0.25, 0.3) is 5.91 Å². The third-order valence-electron chi connectivity index (χ3n) is 4.19. The van der Waals surface area contributed by atoms with E-state index in [1.165, 1.54) is 36.2 Å². The van der Waals surface area contributed by atoms with Crippen molar-refractivity contribution in [1.82, 2.24) is 10.2 Å². The number of benzene rings is 2. The first-order valence-electron chi connectivity index (χ1n) is 8.36. The Kier molecular flexibility index (Phi) is 6.72. The minimum absolute atomic E-state index is 0.237. The lowest BCUT2D eigenvalue weighted by molar-refractivity contribution is -0.142. The molecule has 0 radical (unpaired) electrons. The monoisotopic (exact) mass is 358 g/mol. The van der Waals surface area contributed by atoms with Gasteiger partial charge >= 0.3 is 0 Å². The van der Waals surface area contributed by atoms with Crippen LogP contribution in [0.15, 0.2) is 48.5 Å². The van der Waals surface area contributed by atoms with E-state index in [0.29, 0.717) is 12.3 Å². The maximum absolute atomic E-state index is 13.0. The Bertz CT molecular complexity index is 762. The lowest BCUT2D eigenvalue weighted by Gasteiger charge is -2.28. The molecule has 2 rings (SSSR count). The van der Waals surface area contributed by atoms with E-state index in [-0.39, 0.29) is 24.2 Å². The number of hydrogen-bond acceptors (Lipinski definition) is 3. The van der Waals surface area contributed by atoms with Crippen LogP contribution in [0.5, 0.6) is 5.75 Å². The van der Waals surface area contributed by atoms with E-state index in [4.69, 9.17) is 4.74 Å². The summed E-state index contributed by atoms with van der Waals surface area (Å²) >= 11 is 0. The summed E-state index contributed by atoms with van der Waals surface area (Å²) in [5.74, 6) is -0.566. The van der Waals surface area contributed by atoms with Gasteiger partial charge in [-0.1, -0.05) is 24.3 Å². The summed E-state index contributed by atoms with van der Waals surface area (Å²) in [5.41, 5.74) is 1.99. The molecule has 0 aliphatic carbocycles. The van der Waals surface area contributed by atoms with Crippen LogP contribution in [0.4, 0.5) is 4.39 Å². The number of rotatable bonds is 7. The van der Waals surface area contributed by atoms with Gasteiger partial charge in [0.2, 0.25) is 5.91 Å². The number of ether oxygens (including phenoxy) is 1. The number of nitrogens with one attached hydrogen (secondary N) is 1. The molecule has 2 amide bonds. The molecule has 0 aliphatic rings. The highest BCUT2D eigenvalue weighted by Crippen LogP contribution is 2.15. The highest BCUT2D eigenvalue weighted by atomic mass is 19.1. The van der Waals surface area contributed by atoms with E-state index in [9.17, 15) is 14.0 Å². The lowest BCUT2D eigenvalue weighted by Crippen LogP contribution is -2.48. The number of amides is 2. The number of hydrogen-bond donors (Lipinski definition) is 1. The van der Waals surface area contributed by atoms with Crippen molar-refractivity contribution in [2.45, 2.75) is 26.4 Å². The van der Waals surface area contributed by atoms with Crippen molar-refractivity contribution in [3.8, 4) is 5.75 Å². The molecule has 0 heterocycles. The summed E-state index contributed by atoms with van der Waals surface area (Å²) in [6, 6.07) is 12.5. The predicted molar refractivity (Wildman–Crippen MR) is 97.2 cm³/mol. The van der Waals surface area contributed by atoms with Crippen LogP contribution in [0.2, 0.25) is 0 Å². The molecular formula is C20H23FN2O3. The van der Waals surface area contributed by atoms with Crippen molar-refractivity contribution in [1.29, 1.82) is 0 Å². The molecule has 0 spiro atoms. The summed E-state index contributed by atoms with van der Waals surface area (Å²) in [7, 11) is 1.53. The Morgan fingerprint density at radius 1 is 1.15 bits per heavy atom. The molecular weight excluding hydrogens is 335 g/mol. The first kappa shape index (κ1) is 19.4. The summed E-state index contributed by atoms with van der Waals surface area (Å²) in [6.45, 7) is 3.69. The minimum atomic E-state index is -0.649. The average molecular weight is 358 g/mol. The average Bonchev–Trinajstić information content (AvgIpc) is 2.65. The number of nitrogens with zero attached hydrogens (tertiary/aromatic N) is 1. The largest absolute Gasteiger partial charge is 0.484 e. The fourth-order valence-corrected chi connectivity index (χ4v) is 2.52. The van der Waals surface area contributed by atoms with Crippen molar-refractivity contribution < 1.29 is 18.7 Å². The van der Waals surface area contributed by atoms with Gasteiger partial charge < -0.3 is 15.0 Å². The highest BCUT2D eigenvalue weighted by molar-refractivity contribution is 5.87. The maximum Gasteiger partial charge on any atom is 0.261 e. The van der Waals surface area contributed by atoms with Crippen LogP contribution in [0.25, 0.3) is 0 Å². The Morgan fingerprint density at radius 2 is 1.81 bits per heavy atom. The third-order valence-corrected chi connectivity index (χ3v) is 4.19. The summed E-state index contributed by atoms with van der Waals surface area (Å²) in [4.78, 5) is 26.2. The van der Waals surface area contributed by atoms with Crippen LogP contribution in [-0.2, 0) is 16.1 Å². The Morgan fingerprint density at radius 3 is 2.42 bits per heavy atom. The molecule has 6 heteroatoms. The molecule has 0 saturated heterocycles. The zero-order chi connectivity index (χ0) is 19.1. The van der Waals surface area contributed by atoms with Crippen molar-refractivity contribution in [2.24, 2.45) is 0 Å². The van der Waals surface area contributed by atoms with Crippen LogP contribution in [0, 0.1) is 12.7 Å². The maximum atomic E-state index is 13.0. The van der Waals surface area contributed by atoms with Crippen molar-refractivity contribution in [2.75, 3.05) is 13.7 Å². The molecule has 0 unspecified atom stereocenters. The number of likely N-dealkylation sites (N-methyl/N-ethyl adjacent to an activating group) is 1. The fraction of sp³-hybridized carbons (Fsp3) is 0.300. The molecule has 0 fully saturated rings. The Labute approximate surface area is 152 Å². The smallest absolute Gasteiger partial charge is 0.261 e. The van der Waals surface area contributed by atoms with Gasteiger partial charge in [-0.2, -0.15) is 0 Å². The molecule has 26 heavy (non-hydrogen) atoms. The topological polar surface area (TPSA) is 58.6 Å². The van der Waals surface area contributed by atoms with E-state index >= 15 is 0 Å². The Balaban J connectivity index is 2.13. The van der Waals surface area contributed by atoms with Crippen LogP contribution >= 0.6 is 0 Å².